The Bertz CT molecular complexity index is 3820. The molecule has 264 valence electrons. The lowest BCUT2D eigenvalue weighted by Crippen LogP contribution is -1.99. The fourth-order valence-corrected chi connectivity index (χ4v) is 11.7. The number of hydrogen-bond donors (Lipinski definition) is 0. The van der Waals surface area contributed by atoms with Gasteiger partial charge in [-0.2, -0.15) is 0 Å². The molecular formula is C52H29N3S2. The summed E-state index contributed by atoms with van der Waals surface area (Å²) in [5, 5.41) is 13.8. The molecule has 5 heteroatoms. The number of nitrogens with zero attached hydrogens (tertiary/aromatic N) is 3. The van der Waals surface area contributed by atoms with Crippen LogP contribution < -0.4 is 0 Å². The smallest absolute Gasteiger partial charge is 0.143 e. The third kappa shape index (κ3) is 4.35. The Balaban J connectivity index is 1.17. The van der Waals surface area contributed by atoms with Gasteiger partial charge in [0.2, 0.25) is 0 Å². The van der Waals surface area contributed by atoms with Gasteiger partial charge in [0.05, 0.1) is 32.8 Å². The molecule has 57 heavy (non-hydrogen) atoms. The summed E-state index contributed by atoms with van der Waals surface area (Å²) in [6.07, 6.45) is 0. The number of thiophene rings is 2. The summed E-state index contributed by atoms with van der Waals surface area (Å²) >= 11 is 3.62. The number of fused-ring (bicyclic) bond motifs is 16. The van der Waals surface area contributed by atoms with Crippen LogP contribution >= 0.6 is 22.7 Å². The molecule has 0 aliphatic heterocycles. The first kappa shape index (κ1) is 31.3. The van der Waals surface area contributed by atoms with Crippen LogP contribution in [0.3, 0.4) is 0 Å². The molecule has 0 saturated heterocycles. The van der Waals surface area contributed by atoms with E-state index in [2.05, 4.69) is 180 Å². The predicted molar refractivity (Wildman–Crippen MR) is 246 cm³/mol. The summed E-state index contributed by atoms with van der Waals surface area (Å²) in [6.45, 7) is 0. The first-order valence-electron chi connectivity index (χ1n) is 19.3. The SMILES string of the molecule is c1ccc(-c2nc3sc4ccccc4c3nc2-c2ccc(-n3c4ccccc4c4c5ccccc5c5c(sc6ccc7ccccc7c65)c43)c3ccccc23)cc1. The maximum absolute atomic E-state index is 5.52. The van der Waals surface area contributed by atoms with Gasteiger partial charge in [-0.3, -0.25) is 0 Å². The zero-order chi connectivity index (χ0) is 37.2. The predicted octanol–water partition coefficient (Wildman–Crippen LogP) is 15.1. The van der Waals surface area contributed by atoms with E-state index in [1.54, 1.807) is 11.3 Å². The number of benzene rings is 9. The standard InChI is InChI=1S/C52H29N3S2/c1-2-15-31(16-3-1)47-48(53-49-39-23-11-13-25-42(39)57-52(49)54-47)37-27-28-41(34-19-7-6-18-33(34)37)55-40-24-12-10-22-38(40)44-35-20-8-9-21-36(35)46-45-32-17-5-4-14-30(32)26-29-43(45)56-51(46)50(44)55/h1-29H. The van der Waals surface area contributed by atoms with Gasteiger partial charge in [-0.05, 0) is 57.3 Å². The van der Waals surface area contributed by atoms with E-state index in [4.69, 9.17) is 9.97 Å². The van der Waals surface area contributed by atoms with Gasteiger partial charge in [-0.15, -0.1) is 22.7 Å². The second-order valence-corrected chi connectivity index (χ2v) is 16.9. The van der Waals surface area contributed by atoms with Crippen molar-refractivity contribution in [3.8, 4) is 28.2 Å². The van der Waals surface area contributed by atoms with Gasteiger partial charge in [-0.1, -0.05) is 146 Å². The fraction of sp³-hybridized carbons (Fsp3) is 0. The molecule has 0 unspecified atom stereocenters. The van der Waals surface area contributed by atoms with Crippen molar-refractivity contribution in [3.63, 3.8) is 0 Å². The van der Waals surface area contributed by atoms with Crippen LogP contribution in [0.4, 0.5) is 0 Å². The van der Waals surface area contributed by atoms with Crippen LogP contribution in [-0.4, -0.2) is 14.5 Å². The highest BCUT2D eigenvalue weighted by Crippen LogP contribution is 2.50. The van der Waals surface area contributed by atoms with Crippen LogP contribution in [0.25, 0.3) is 123 Å². The van der Waals surface area contributed by atoms with Gasteiger partial charge in [-0.25, -0.2) is 9.97 Å². The maximum Gasteiger partial charge on any atom is 0.143 e. The molecule has 0 aliphatic rings. The monoisotopic (exact) mass is 759 g/mol. The minimum absolute atomic E-state index is 0.895. The molecule has 4 heterocycles. The van der Waals surface area contributed by atoms with Crippen LogP contribution in [0.5, 0.6) is 0 Å². The summed E-state index contributed by atoms with van der Waals surface area (Å²) in [5.41, 5.74) is 8.47. The molecule has 0 bridgehead atoms. The maximum atomic E-state index is 5.52. The Hall–Kier alpha value is -6.92. The molecule has 3 nitrogen and oxygen atoms in total. The molecule has 0 fully saturated rings. The van der Waals surface area contributed by atoms with Gasteiger partial charge >= 0.3 is 0 Å². The molecule has 0 saturated carbocycles. The van der Waals surface area contributed by atoms with Crippen LogP contribution in [0, 0.1) is 0 Å². The Morgan fingerprint density at radius 3 is 1.91 bits per heavy atom. The van der Waals surface area contributed by atoms with Crippen LogP contribution in [0.1, 0.15) is 0 Å². The molecule has 4 aromatic heterocycles. The average Bonchev–Trinajstić information content (AvgIpc) is 3.96. The summed E-state index contributed by atoms with van der Waals surface area (Å²) in [4.78, 5) is 11.9. The average molecular weight is 760 g/mol. The van der Waals surface area contributed by atoms with E-state index in [0.29, 0.717) is 0 Å². The normalized spacial score (nSPS) is 12.2. The van der Waals surface area contributed by atoms with Gasteiger partial charge in [0.1, 0.15) is 10.3 Å². The van der Waals surface area contributed by atoms with Crippen molar-refractivity contribution < 1.29 is 0 Å². The van der Waals surface area contributed by atoms with E-state index in [0.717, 1.165) is 49.3 Å². The van der Waals surface area contributed by atoms with Gasteiger partial charge < -0.3 is 4.57 Å². The van der Waals surface area contributed by atoms with Crippen LogP contribution in [-0.2, 0) is 0 Å². The minimum atomic E-state index is 0.895. The van der Waals surface area contributed by atoms with E-state index >= 15 is 0 Å². The van der Waals surface area contributed by atoms with Crippen molar-refractivity contribution in [1.82, 2.24) is 14.5 Å². The molecule has 0 amide bonds. The molecule has 0 atom stereocenters. The number of rotatable bonds is 3. The second-order valence-electron chi connectivity index (χ2n) is 14.8. The molecule has 13 aromatic rings. The largest absolute Gasteiger partial charge is 0.307 e. The van der Waals surface area contributed by atoms with Crippen molar-refractivity contribution in [1.29, 1.82) is 0 Å². The van der Waals surface area contributed by atoms with E-state index in [1.165, 1.54) is 73.6 Å². The Morgan fingerprint density at radius 1 is 0.404 bits per heavy atom. The van der Waals surface area contributed by atoms with E-state index in [9.17, 15) is 0 Å². The first-order valence-corrected chi connectivity index (χ1v) is 20.9. The van der Waals surface area contributed by atoms with Crippen molar-refractivity contribution in [3.05, 3.63) is 176 Å². The highest BCUT2D eigenvalue weighted by molar-refractivity contribution is 7.27. The zero-order valence-corrected chi connectivity index (χ0v) is 32.0. The van der Waals surface area contributed by atoms with E-state index in [-0.39, 0.29) is 0 Å². The molecule has 13 rings (SSSR count). The van der Waals surface area contributed by atoms with Crippen LogP contribution in [0.2, 0.25) is 0 Å². The molecule has 0 spiro atoms. The van der Waals surface area contributed by atoms with Crippen molar-refractivity contribution in [2.45, 2.75) is 0 Å². The highest BCUT2D eigenvalue weighted by Gasteiger charge is 2.25. The summed E-state index contributed by atoms with van der Waals surface area (Å²) in [5.74, 6) is 0. The number of para-hydroxylation sites is 1. The minimum Gasteiger partial charge on any atom is -0.307 e. The van der Waals surface area contributed by atoms with Gasteiger partial charge in [0, 0.05) is 52.8 Å². The Kier molecular flexibility index (Phi) is 6.48. The van der Waals surface area contributed by atoms with Gasteiger partial charge in [0.15, 0.2) is 0 Å². The fourth-order valence-electron chi connectivity index (χ4n) is 9.38. The Labute approximate surface area is 334 Å². The molecular weight excluding hydrogens is 731 g/mol. The van der Waals surface area contributed by atoms with Crippen molar-refractivity contribution >= 4 is 117 Å². The topological polar surface area (TPSA) is 30.7 Å². The van der Waals surface area contributed by atoms with Crippen molar-refractivity contribution in [2.75, 3.05) is 0 Å². The lowest BCUT2D eigenvalue weighted by Gasteiger charge is -2.16. The van der Waals surface area contributed by atoms with E-state index < -0.39 is 0 Å². The quantitative estimate of drug-likeness (QED) is 0.180. The first-order chi connectivity index (χ1) is 28.3. The summed E-state index contributed by atoms with van der Waals surface area (Å²) in [7, 11) is 0. The highest BCUT2D eigenvalue weighted by atomic mass is 32.1. The lowest BCUT2D eigenvalue weighted by molar-refractivity contribution is 1.21. The van der Waals surface area contributed by atoms with Crippen LogP contribution in [0.15, 0.2) is 176 Å². The third-order valence-electron chi connectivity index (χ3n) is 11.8. The van der Waals surface area contributed by atoms with Gasteiger partial charge in [0.25, 0.3) is 0 Å². The molecule has 0 aliphatic carbocycles. The lowest BCUT2D eigenvalue weighted by atomic mass is 9.96. The zero-order valence-electron chi connectivity index (χ0n) is 30.4. The van der Waals surface area contributed by atoms with E-state index in [1.807, 2.05) is 11.3 Å². The van der Waals surface area contributed by atoms with Crippen molar-refractivity contribution in [2.24, 2.45) is 0 Å². The second kappa shape index (κ2) is 11.8. The number of aromatic nitrogens is 3. The summed E-state index contributed by atoms with van der Waals surface area (Å²) in [6, 6.07) is 63.9. The molecule has 0 N–H and O–H groups in total. The number of hydrogen-bond acceptors (Lipinski definition) is 4. The molecule has 9 aromatic carbocycles. The molecule has 0 radical (unpaired) electrons. The Morgan fingerprint density at radius 2 is 1.07 bits per heavy atom. The third-order valence-corrected chi connectivity index (χ3v) is 14.0. The summed E-state index contributed by atoms with van der Waals surface area (Å²) < 4.78 is 6.36.